The first-order valence-corrected chi connectivity index (χ1v) is 17.5. The summed E-state index contributed by atoms with van der Waals surface area (Å²) in [5.74, 6) is 1.22. The highest BCUT2D eigenvalue weighted by Crippen LogP contribution is 2.30. The molecule has 1 aliphatic carbocycles. The lowest BCUT2D eigenvalue weighted by molar-refractivity contribution is 0.0930. The van der Waals surface area contributed by atoms with Gasteiger partial charge in [-0.1, -0.05) is 77.1 Å². The van der Waals surface area contributed by atoms with Crippen LogP contribution in [0.4, 0.5) is 0 Å². The summed E-state index contributed by atoms with van der Waals surface area (Å²) in [6.45, 7) is 17.8. The largest absolute Gasteiger partial charge is 0.393 e. The third-order valence-electron chi connectivity index (χ3n) is 7.90. The van der Waals surface area contributed by atoms with Crippen LogP contribution in [0, 0.1) is 0 Å². The van der Waals surface area contributed by atoms with Gasteiger partial charge in [-0.2, -0.15) is 0 Å². The van der Waals surface area contributed by atoms with Crippen molar-refractivity contribution < 1.29 is 5.11 Å². The normalized spacial score (nSPS) is 22.0. The SMILES string of the molecule is C=C(C)SCCC.CCC=NC(=C(/CCC)N(C)C1CCC(O)CC1)/C(=C\CC)N[C@@H]1CCN(Cc2ccccc2)C1. The zero-order valence-corrected chi connectivity index (χ0v) is 28.4. The van der Waals surface area contributed by atoms with Crippen LogP contribution >= 0.6 is 11.8 Å². The van der Waals surface area contributed by atoms with Gasteiger partial charge in [0.05, 0.1) is 11.8 Å². The van der Waals surface area contributed by atoms with Gasteiger partial charge in [-0.25, -0.2) is 0 Å². The minimum Gasteiger partial charge on any atom is -0.393 e. The fourth-order valence-corrected chi connectivity index (χ4v) is 6.26. The van der Waals surface area contributed by atoms with Gasteiger partial charge in [0.25, 0.3) is 0 Å². The first kappa shape index (κ1) is 36.2. The van der Waals surface area contributed by atoms with E-state index in [0.717, 1.165) is 83.1 Å². The summed E-state index contributed by atoms with van der Waals surface area (Å²) < 4.78 is 0. The first-order valence-electron chi connectivity index (χ1n) is 16.5. The molecule has 236 valence electrons. The number of rotatable bonds is 15. The number of hydrogen-bond acceptors (Lipinski definition) is 6. The quantitative estimate of drug-likeness (QED) is 0.157. The Morgan fingerprint density at radius 1 is 1.07 bits per heavy atom. The first-order chi connectivity index (χ1) is 20.3. The molecule has 0 unspecified atom stereocenters. The standard InChI is InChI=1S/C30H48N4O.C6H12S/c1-5-11-28(32-25-19-21-34(23-25)22-24-13-9-8-10-14-24)30(31-20-7-3)29(12-6-2)33(4)26-15-17-27(35)18-16-26;1-4-5-7-6(2)3/h8-11,13-14,20,25-27,32,35H,5-7,12,15-19,21-23H2,1-4H3;2,4-5H2,1,3H3/b28-11+,30-29-,31-20?;/t25-,26?,27?;/m1./s1. The van der Waals surface area contributed by atoms with Gasteiger partial charge in [-0.05, 0) is 80.9 Å². The van der Waals surface area contributed by atoms with Crippen molar-refractivity contribution in [3.63, 3.8) is 0 Å². The highest BCUT2D eigenvalue weighted by molar-refractivity contribution is 8.03. The zero-order chi connectivity index (χ0) is 30.7. The van der Waals surface area contributed by atoms with E-state index in [2.05, 4.69) is 99.1 Å². The molecule has 3 rings (SSSR count). The van der Waals surface area contributed by atoms with Crippen LogP contribution in [-0.4, -0.2) is 65.2 Å². The number of nitrogens with one attached hydrogen (secondary N) is 1. The van der Waals surface area contributed by atoms with Crippen molar-refractivity contribution in [2.24, 2.45) is 4.99 Å². The molecule has 5 nitrogen and oxygen atoms in total. The van der Waals surface area contributed by atoms with Crippen LogP contribution in [0.1, 0.15) is 104 Å². The van der Waals surface area contributed by atoms with Crippen LogP contribution in [0.25, 0.3) is 0 Å². The van der Waals surface area contributed by atoms with Crippen LogP contribution in [0.2, 0.25) is 0 Å². The van der Waals surface area contributed by atoms with Gasteiger partial charge < -0.3 is 15.3 Å². The van der Waals surface area contributed by atoms with E-state index in [-0.39, 0.29) is 6.10 Å². The highest BCUT2D eigenvalue weighted by Gasteiger charge is 2.28. The predicted molar refractivity (Wildman–Crippen MR) is 186 cm³/mol. The summed E-state index contributed by atoms with van der Waals surface area (Å²) in [6, 6.07) is 11.7. The van der Waals surface area contributed by atoms with Gasteiger partial charge in [0.2, 0.25) is 0 Å². The Balaban J connectivity index is 0.000000782. The number of aliphatic imine (C=N–C) groups is 1. The molecule has 2 aliphatic rings. The third-order valence-corrected chi connectivity index (χ3v) is 9.00. The van der Waals surface area contributed by atoms with Gasteiger partial charge >= 0.3 is 0 Å². The van der Waals surface area contributed by atoms with Crippen molar-refractivity contribution in [1.82, 2.24) is 15.1 Å². The molecule has 1 atom stereocenters. The zero-order valence-electron chi connectivity index (χ0n) is 27.6. The smallest absolute Gasteiger partial charge is 0.104 e. The van der Waals surface area contributed by atoms with Gasteiger partial charge in [-0.3, -0.25) is 9.89 Å². The molecule has 42 heavy (non-hydrogen) atoms. The summed E-state index contributed by atoms with van der Waals surface area (Å²) in [4.78, 5) is 11.3. The Bertz CT molecular complexity index is 981. The minimum absolute atomic E-state index is 0.130. The summed E-state index contributed by atoms with van der Waals surface area (Å²) in [6.07, 6.45) is 14.6. The van der Waals surface area contributed by atoms with Gasteiger partial charge in [0.1, 0.15) is 5.70 Å². The van der Waals surface area contributed by atoms with Crippen LogP contribution in [0.5, 0.6) is 0 Å². The fourth-order valence-electron chi connectivity index (χ4n) is 5.71. The second-order valence-corrected chi connectivity index (χ2v) is 13.2. The van der Waals surface area contributed by atoms with Crippen molar-refractivity contribution in [3.8, 4) is 0 Å². The Morgan fingerprint density at radius 3 is 2.36 bits per heavy atom. The predicted octanol–water partition coefficient (Wildman–Crippen LogP) is 8.54. The van der Waals surface area contributed by atoms with Crippen molar-refractivity contribution in [3.05, 3.63) is 70.5 Å². The lowest BCUT2D eigenvalue weighted by atomic mass is 9.91. The lowest BCUT2D eigenvalue weighted by Gasteiger charge is -2.37. The number of benzene rings is 1. The van der Waals surface area contributed by atoms with Crippen molar-refractivity contribution in [2.45, 2.75) is 124 Å². The second-order valence-electron chi connectivity index (χ2n) is 11.8. The van der Waals surface area contributed by atoms with Crippen LogP contribution in [0.15, 0.2) is 70.0 Å². The number of likely N-dealkylation sites (tertiary alicyclic amines) is 1. The van der Waals surface area contributed by atoms with E-state index in [1.54, 1.807) is 0 Å². The van der Waals surface area contributed by atoms with Crippen molar-refractivity contribution >= 4 is 18.0 Å². The summed E-state index contributed by atoms with van der Waals surface area (Å²) in [5, 5.41) is 14.0. The molecule has 0 spiro atoms. The number of thioether (sulfide) groups is 1. The minimum atomic E-state index is -0.130. The molecule has 6 heteroatoms. The summed E-state index contributed by atoms with van der Waals surface area (Å²) >= 11 is 1.84. The number of nitrogens with zero attached hydrogens (tertiary/aromatic N) is 3. The lowest BCUT2D eigenvalue weighted by Crippen LogP contribution is -2.37. The molecular formula is C36H60N4OS. The molecule has 0 aromatic heterocycles. The van der Waals surface area contributed by atoms with Gasteiger partial charge in [0, 0.05) is 50.7 Å². The van der Waals surface area contributed by atoms with E-state index in [1.807, 2.05) is 18.7 Å². The molecule has 0 amide bonds. The molecule has 0 radical (unpaired) electrons. The summed E-state index contributed by atoms with van der Waals surface area (Å²) in [7, 11) is 2.25. The van der Waals surface area contributed by atoms with Crippen LogP contribution < -0.4 is 5.32 Å². The number of aliphatic hydroxyl groups is 1. The molecule has 1 aromatic carbocycles. The average molecular weight is 597 g/mol. The average Bonchev–Trinajstić information content (AvgIpc) is 3.43. The molecule has 1 aliphatic heterocycles. The number of hydrogen-bond donors (Lipinski definition) is 2. The monoisotopic (exact) mass is 596 g/mol. The Morgan fingerprint density at radius 2 is 1.79 bits per heavy atom. The van der Waals surface area contributed by atoms with Crippen molar-refractivity contribution in [1.29, 1.82) is 0 Å². The fraction of sp³-hybridized carbons (Fsp3) is 0.639. The van der Waals surface area contributed by atoms with Crippen molar-refractivity contribution in [2.75, 3.05) is 25.9 Å². The van der Waals surface area contributed by atoms with E-state index < -0.39 is 0 Å². The molecule has 0 bridgehead atoms. The van der Waals surface area contributed by atoms with E-state index in [1.165, 1.54) is 34.0 Å². The highest BCUT2D eigenvalue weighted by atomic mass is 32.2. The van der Waals surface area contributed by atoms with Crippen LogP contribution in [0.3, 0.4) is 0 Å². The maximum Gasteiger partial charge on any atom is 0.104 e. The van der Waals surface area contributed by atoms with E-state index >= 15 is 0 Å². The molecule has 2 N–H and O–H groups in total. The molecular weight excluding hydrogens is 536 g/mol. The Hall–Kier alpha value is -2.02. The maximum atomic E-state index is 10.0. The Labute approximate surface area is 262 Å². The third kappa shape index (κ3) is 13.1. The van der Waals surface area contributed by atoms with E-state index in [0.29, 0.717) is 12.1 Å². The molecule has 1 heterocycles. The molecule has 1 aromatic rings. The summed E-state index contributed by atoms with van der Waals surface area (Å²) in [5.41, 5.74) is 5.03. The number of allylic oxidation sites excluding steroid dienone is 3. The molecule has 1 saturated carbocycles. The molecule has 1 saturated heterocycles. The van der Waals surface area contributed by atoms with E-state index in [4.69, 9.17) is 4.99 Å². The topological polar surface area (TPSA) is 51.1 Å². The van der Waals surface area contributed by atoms with Gasteiger partial charge in [-0.15, -0.1) is 11.8 Å². The van der Waals surface area contributed by atoms with Gasteiger partial charge in [0.15, 0.2) is 0 Å². The number of aliphatic hydroxyl groups excluding tert-OH is 1. The second kappa shape index (κ2) is 20.8. The van der Waals surface area contributed by atoms with Crippen LogP contribution in [-0.2, 0) is 6.54 Å². The molecule has 2 fully saturated rings. The van der Waals surface area contributed by atoms with E-state index in [9.17, 15) is 5.11 Å². The maximum absolute atomic E-state index is 10.0. The Kier molecular flexibility index (Phi) is 17.9.